The molecule has 0 fully saturated rings. The van der Waals surface area contributed by atoms with E-state index in [1.165, 1.54) is 0 Å². The summed E-state index contributed by atoms with van der Waals surface area (Å²) in [6, 6.07) is 5.41. The van der Waals surface area contributed by atoms with E-state index in [-0.39, 0.29) is 5.82 Å². The molecule has 0 bridgehead atoms. The molecule has 0 aliphatic rings. The van der Waals surface area contributed by atoms with Crippen LogP contribution in [0.4, 0.5) is 10.1 Å². The number of hydrogen-bond donors (Lipinski definition) is 1. The molecule has 2 nitrogen and oxygen atoms in total. The van der Waals surface area contributed by atoms with Gasteiger partial charge in [0.1, 0.15) is 5.82 Å². The molecule has 0 spiro atoms. The molecule has 1 aromatic carbocycles. The van der Waals surface area contributed by atoms with Crippen molar-refractivity contribution in [1.29, 1.82) is 0 Å². The Kier molecular flexibility index (Phi) is 7.49. The Balaban J connectivity index is 2.92. The van der Waals surface area contributed by atoms with Gasteiger partial charge in [-0.1, -0.05) is 26.8 Å². The fraction of sp³-hybridized carbons (Fsp3) is 0.625. The van der Waals surface area contributed by atoms with Gasteiger partial charge in [-0.05, 0) is 37.9 Å². The highest BCUT2D eigenvalue weighted by molar-refractivity contribution is 5.54. The van der Waals surface area contributed by atoms with Gasteiger partial charge in [0.15, 0.2) is 0 Å². The van der Waals surface area contributed by atoms with E-state index in [4.69, 9.17) is 0 Å². The number of nitrogens with one attached hydrogen (secondary N) is 1. The molecule has 0 amide bonds. The van der Waals surface area contributed by atoms with Crippen LogP contribution in [-0.4, -0.2) is 19.6 Å². The maximum atomic E-state index is 14.1. The van der Waals surface area contributed by atoms with Crippen molar-refractivity contribution in [2.24, 2.45) is 0 Å². The van der Waals surface area contributed by atoms with Crippen molar-refractivity contribution >= 4 is 5.69 Å². The minimum atomic E-state index is -0.0988. The van der Waals surface area contributed by atoms with Crippen LogP contribution in [0.1, 0.15) is 45.6 Å². The fourth-order valence-corrected chi connectivity index (χ4v) is 2.30. The van der Waals surface area contributed by atoms with E-state index >= 15 is 0 Å². The lowest BCUT2D eigenvalue weighted by molar-refractivity contribution is 0.583. The molecular weight excluding hydrogens is 239 g/mol. The average molecular weight is 266 g/mol. The summed E-state index contributed by atoms with van der Waals surface area (Å²) in [5, 5.41) is 3.31. The van der Waals surface area contributed by atoms with Gasteiger partial charge in [0, 0.05) is 30.9 Å². The highest BCUT2D eigenvalue weighted by atomic mass is 19.1. The molecule has 0 aliphatic heterocycles. The van der Waals surface area contributed by atoms with E-state index in [0.29, 0.717) is 6.54 Å². The number of hydrogen-bond acceptors (Lipinski definition) is 2. The molecule has 0 saturated heterocycles. The molecule has 0 radical (unpaired) electrons. The Hall–Kier alpha value is -1.09. The van der Waals surface area contributed by atoms with Crippen molar-refractivity contribution in [3.05, 3.63) is 29.6 Å². The second-order valence-corrected chi connectivity index (χ2v) is 4.90. The first-order chi connectivity index (χ1) is 9.24. The second kappa shape index (κ2) is 8.92. The van der Waals surface area contributed by atoms with E-state index < -0.39 is 0 Å². The third-order valence-corrected chi connectivity index (χ3v) is 3.15. The number of anilines is 1. The molecule has 0 aromatic heterocycles. The van der Waals surface area contributed by atoms with Crippen LogP contribution >= 0.6 is 0 Å². The van der Waals surface area contributed by atoms with E-state index in [1.807, 2.05) is 12.1 Å². The van der Waals surface area contributed by atoms with Gasteiger partial charge in [-0.15, -0.1) is 0 Å². The van der Waals surface area contributed by atoms with Crippen molar-refractivity contribution in [3.63, 3.8) is 0 Å². The number of benzene rings is 1. The van der Waals surface area contributed by atoms with Crippen LogP contribution in [0.25, 0.3) is 0 Å². The predicted molar refractivity (Wildman–Crippen MR) is 81.2 cm³/mol. The van der Waals surface area contributed by atoms with E-state index in [2.05, 4.69) is 31.0 Å². The van der Waals surface area contributed by atoms with Gasteiger partial charge in [0.2, 0.25) is 0 Å². The molecule has 1 N–H and O–H groups in total. The number of rotatable bonds is 9. The molecule has 0 atom stereocenters. The first kappa shape index (κ1) is 16.0. The molecule has 0 unspecified atom stereocenters. The van der Waals surface area contributed by atoms with Gasteiger partial charge < -0.3 is 10.2 Å². The topological polar surface area (TPSA) is 15.3 Å². The number of halogens is 1. The van der Waals surface area contributed by atoms with Crippen LogP contribution in [-0.2, 0) is 6.54 Å². The normalized spacial score (nSPS) is 10.7. The molecular formula is C16H27FN2. The van der Waals surface area contributed by atoms with Gasteiger partial charge >= 0.3 is 0 Å². The largest absolute Gasteiger partial charge is 0.371 e. The van der Waals surface area contributed by atoms with Gasteiger partial charge in [-0.3, -0.25) is 0 Å². The lowest BCUT2D eigenvalue weighted by atomic mass is 10.1. The zero-order chi connectivity index (χ0) is 14.1. The lowest BCUT2D eigenvalue weighted by Crippen LogP contribution is -2.27. The van der Waals surface area contributed by atoms with Crippen LogP contribution in [0, 0.1) is 5.82 Å². The van der Waals surface area contributed by atoms with Crippen molar-refractivity contribution in [1.82, 2.24) is 5.32 Å². The zero-order valence-corrected chi connectivity index (χ0v) is 12.5. The minimum absolute atomic E-state index is 0.0988. The van der Waals surface area contributed by atoms with E-state index in [9.17, 15) is 4.39 Å². The minimum Gasteiger partial charge on any atom is -0.371 e. The van der Waals surface area contributed by atoms with E-state index in [0.717, 1.165) is 50.1 Å². The molecule has 108 valence electrons. The van der Waals surface area contributed by atoms with Crippen molar-refractivity contribution in [2.75, 3.05) is 24.5 Å². The first-order valence-electron chi connectivity index (χ1n) is 7.47. The fourth-order valence-electron chi connectivity index (χ4n) is 2.30. The Morgan fingerprint density at radius 1 is 1.05 bits per heavy atom. The Morgan fingerprint density at radius 3 is 2.32 bits per heavy atom. The molecule has 19 heavy (non-hydrogen) atoms. The smallest absolute Gasteiger partial charge is 0.129 e. The molecule has 0 heterocycles. The molecule has 1 aromatic rings. The Morgan fingerprint density at radius 2 is 1.74 bits per heavy atom. The van der Waals surface area contributed by atoms with Crippen LogP contribution in [0.5, 0.6) is 0 Å². The highest BCUT2D eigenvalue weighted by Gasteiger charge is 2.13. The van der Waals surface area contributed by atoms with Crippen molar-refractivity contribution in [2.45, 2.75) is 46.6 Å². The summed E-state index contributed by atoms with van der Waals surface area (Å²) in [6.45, 7) is 9.95. The predicted octanol–water partition coefficient (Wildman–Crippen LogP) is 3.95. The third-order valence-electron chi connectivity index (χ3n) is 3.15. The van der Waals surface area contributed by atoms with Crippen LogP contribution in [0.15, 0.2) is 18.2 Å². The third kappa shape index (κ3) is 4.83. The van der Waals surface area contributed by atoms with Crippen molar-refractivity contribution in [3.8, 4) is 0 Å². The van der Waals surface area contributed by atoms with Gasteiger partial charge in [-0.25, -0.2) is 4.39 Å². The number of nitrogens with zero attached hydrogens (tertiary/aromatic N) is 1. The van der Waals surface area contributed by atoms with Gasteiger partial charge in [-0.2, -0.15) is 0 Å². The summed E-state index contributed by atoms with van der Waals surface area (Å²) >= 11 is 0. The van der Waals surface area contributed by atoms with Crippen LogP contribution in [0.3, 0.4) is 0 Å². The van der Waals surface area contributed by atoms with Gasteiger partial charge in [0.05, 0.1) is 0 Å². The summed E-state index contributed by atoms with van der Waals surface area (Å²) in [5.74, 6) is -0.0988. The van der Waals surface area contributed by atoms with Crippen LogP contribution in [0.2, 0.25) is 0 Å². The summed E-state index contributed by atoms with van der Waals surface area (Å²) in [4.78, 5) is 2.30. The molecule has 1 rings (SSSR count). The van der Waals surface area contributed by atoms with Crippen LogP contribution < -0.4 is 10.2 Å². The summed E-state index contributed by atoms with van der Waals surface area (Å²) in [6.07, 6.45) is 3.23. The lowest BCUT2D eigenvalue weighted by Gasteiger charge is -2.26. The van der Waals surface area contributed by atoms with Crippen molar-refractivity contribution < 1.29 is 4.39 Å². The summed E-state index contributed by atoms with van der Waals surface area (Å²) in [5.41, 5.74) is 1.85. The molecule has 0 aliphatic carbocycles. The standard InChI is InChI=1S/C16H27FN2/c1-4-10-18-13-14-15(17)8-7-9-16(14)19(11-5-2)12-6-3/h7-9,18H,4-6,10-13H2,1-3H3. The summed E-state index contributed by atoms with van der Waals surface area (Å²) in [7, 11) is 0. The molecule has 3 heteroatoms. The second-order valence-electron chi connectivity index (χ2n) is 4.90. The van der Waals surface area contributed by atoms with Gasteiger partial charge in [0.25, 0.3) is 0 Å². The maximum absolute atomic E-state index is 14.1. The summed E-state index contributed by atoms with van der Waals surface area (Å²) < 4.78 is 14.1. The zero-order valence-electron chi connectivity index (χ0n) is 12.5. The Labute approximate surface area is 117 Å². The molecule has 0 saturated carbocycles. The first-order valence-corrected chi connectivity index (χ1v) is 7.47. The maximum Gasteiger partial charge on any atom is 0.129 e. The highest BCUT2D eigenvalue weighted by Crippen LogP contribution is 2.23. The Bertz CT molecular complexity index is 360. The van der Waals surface area contributed by atoms with E-state index in [1.54, 1.807) is 6.07 Å². The SMILES string of the molecule is CCCNCc1c(F)cccc1N(CCC)CCC. The monoisotopic (exact) mass is 266 g/mol. The average Bonchev–Trinajstić information content (AvgIpc) is 2.40. The quantitative estimate of drug-likeness (QED) is 0.681.